The van der Waals surface area contributed by atoms with Crippen LogP contribution in [0.4, 0.5) is 0 Å². The molecule has 0 spiro atoms. The van der Waals surface area contributed by atoms with Gasteiger partial charge in [0.2, 0.25) is 10.0 Å². The number of ether oxygens (including phenoxy) is 1. The Bertz CT molecular complexity index is 890. The topological polar surface area (TPSA) is 75.7 Å². The van der Waals surface area contributed by atoms with E-state index in [1.54, 1.807) is 43.2 Å². The second-order valence-electron chi connectivity index (χ2n) is 6.29. The molecule has 1 atom stereocenters. The van der Waals surface area contributed by atoms with Gasteiger partial charge in [0.15, 0.2) is 0 Å². The van der Waals surface area contributed by atoms with Gasteiger partial charge in [-0.2, -0.15) is 0 Å². The number of sulfonamides is 1. The summed E-state index contributed by atoms with van der Waals surface area (Å²) in [6.07, 6.45) is 0.991. The summed E-state index contributed by atoms with van der Waals surface area (Å²) in [4.78, 5) is 14.1. The first-order valence-corrected chi connectivity index (χ1v) is 9.94. The smallest absolute Gasteiger partial charge is 0.253 e. The first-order chi connectivity index (χ1) is 12.4. The van der Waals surface area contributed by atoms with E-state index in [1.165, 1.54) is 12.1 Å². The molecule has 1 fully saturated rings. The van der Waals surface area contributed by atoms with Gasteiger partial charge in [-0.15, -0.1) is 0 Å². The van der Waals surface area contributed by atoms with Crippen LogP contribution >= 0.6 is 0 Å². The van der Waals surface area contributed by atoms with Gasteiger partial charge in [0, 0.05) is 24.7 Å². The summed E-state index contributed by atoms with van der Waals surface area (Å²) >= 11 is 0. The van der Waals surface area contributed by atoms with Gasteiger partial charge < -0.3 is 9.64 Å². The summed E-state index contributed by atoms with van der Waals surface area (Å²) in [5.41, 5.74) is 1.21. The molecule has 1 N–H and O–H groups in total. The molecule has 2 aromatic rings. The van der Waals surface area contributed by atoms with E-state index in [2.05, 4.69) is 4.72 Å². The van der Waals surface area contributed by atoms with E-state index in [0.29, 0.717) is 11.3 Å². The first kappa shape index (κ1) is 18.4. The number of likely N-dealkylation sites (tertiary alicyclic amines) is 1. The summed E-state index contributed by atoms with van der Waals surface area (Å²) in [6.45, 7) is 3.22. The highest BCUT2D eigenvalue weighted by atomic mass is 32.2. The van der Waals surface area contributed by atoms with Crippen LogP contribution in [0.15, 0.2) is 53.4 Å². The van der Waals surface area contributed by atoms with Crippen molar-refractivity contribution in [3.63, 3.8) is 0 Å². The maximum absolute atomic E-state index is 12.7. The van der Waals surface area contributed by atoms with Crippen molar-refractivity contribution in [2.45, 2.75) is 24.3 Å². The Hall–Kier alpha value is -2.38. The van der Waals surface area contributed by atoms with Gasteiger partial charge in [0.25, 0.3) is 5.91 Å². The highest BCUT2D eigenvalue weighted by Gasteiger charge is 2.24. The number of hydrogen-bond donors (Lipinski definition) is 1. The highest BCUT2D eigenvalue weighted by molar-refractivity contribution is 7.89. The maximum Gasteiger partial charge on any atom is 0.253 e. The van der Waals surface area contributed by atoms with E-state index in [1.807, 2.05) is 12.1 Å². The molecule has 0 saturated carbocycles. The second-order valence-corrected chi connectivity index (χ2v) is 8.00. The molecule has 138 valence electrons. The van der Waals surface area contributed by atoms with Crippen molar-refractivity contribution in [1.82, 2.24) is 9.62 Å². The highest BCUT2D eigenvalue weighted by Crippen LogP contribution is 2.21. The minimum atomic E-state index is -3.75. The molecule has 2 aromatic carbocycles. The Morgan fingerprint density at radius 1 is 1.15 bits per heavy atom. The zero-order valence-corrected chi connectivity index (χ0v) is 15.6. The van der Waals surface area contributed by atoms with Gasteiger partial charge in [0.1, 0.15) is 5.75 Å². The van der Waals surface area contributed by atoms with Gasteiger partial charge in [-0.05, 0) is 49.2 Å². The Kier molecular flexibility index (Phi) is 5.29. The van der Waals surface area contributed by atoms with Gasteiger partial charge in [-0.3, -0.25) is 4.79 Å². The molecule has 7 heteroatoms. The zero-order chi connectivity index (χ0) is 18.7. The minimum Gasteiger partial charge on any atom is -0.497 e. The van der Waals surface area contributed by atoms with Crippen LogP contribution in [0.1, 0.15) is 35.3 Å². The van der Waals surface area contributed by atoms with Gasteiger partial charge in [0.05, 0.1) is 12.0 Å². The quantitative estimate of drug-likeness (QED) is 0.843. The lowest BCUT2D eigenvalue weighted by atomic mass is 10.1. The van der Waals surface area contributed by atoms with Crippen LogP contribution in [0.2, 0.25) is 0 Å². The Labute approximate surface area is 153 Å². The number of nitrogens with one attached hydrogen (secondary N) is 1. The molecule has 26 heavy (non-hydrogen) atoms. The van der Waals surface area contributed by atoms with E-state index in [0.717, 1.165) is 25.1 Å². The fourth-order valence-electron chi connectivity index (χ4n) is 2.76. The largest absolute Gasteiger partial charge is 0.497 e. The third-order valence-corrected chi connectivity index (χ3v) is 6.02. The number of carbonyl (C=O) groups excluding carboxylic acids is 1. The van der Waals surface area contributed by atoms with Crippen molar-refractivity contribution in [2.75, 3.05) is 20.2 Å². The number of rotatable bonds is 6. The minimum absolute atomic E-state index is 0.0873. The van der Waals surface area contributed by atoms with Gasteiger partial charge in [-0.1, -0.05) is 18.2 Å². The molecular formula is C19H22N2O4S. The van der Waals surface area contributed by atoms with E-state index in [9.17, 15) is 13.2 Å². The molecule has 1 heterocycles. The lowest BCUT2D eigenvalue weighted by Crippen LogP contribution is -2.42. The van der Waals surface area contributed by atoms with Crippen molar-refractivity contribution >= 4 is 15.9 Å². The molecule has 1 amide bonds. The van der Waals surface area contributed by atoms with Crippen LogP contribution in [0.3, 0.4) is 0 Å². The van der Waals surface area contributed by atoms with Crippen LogP contribution in [-0.4, -0.2) is 39.4 Å². The van der Waals surface area contributed by atoms with E-state index in [4.69, 9.17) is 4.74 Å². The monoisotopic (exact) mass is 374 g/mol. The summed E-state index contributed by atoms with van der Waals surface area (Å²) in [5, 5.41) is 0. The van der Waals surface area contributed by atoms with Crippen molar-refractivity contribution in [3.05, 3.63) is 59.7 Å². The van der Waals surface area contributed by atoms with Gasteiger partial charge >= 0.3 is 0 Å². The molecule has 1 saturated heterocycles. The molecular weight excluding hydrogens is 352 g/mol. The fourth-order valence-corrected chi connectivity index (χ4v) is 4.04. The normalized spacial score (nSPS) is 15.2. The molecule has 0 bridgehead atoms. The predicted octanol–water partition coefficient (Wildman–Crippen LogP) is 2.58. The summed E-state index contributed by atoms with van der Waals surface area (Å²) < 4.78 is 33.2. The predicted molar refractivity (Wildman–Crippen MR) is 98.7 cm³/mol. The number of nitrogens with zero attached hydrogens (tertiary/aromatic N) is 1. The number of benzene rings is 2. The fraction of sp³-hybridized carbons (Fsp3) is 0.316. The average Bonchev–Trinajstić information content (AvgIpc) is 2.60. The first-order valence-electron chi connectivity index (χ1n) is 8.46. The standard InChI is InChI=1S/C19H22N2O4S/c1-14(15-7-9-17(25-2)10-8-15)20-26(23,24)18-6-3-5-16(13-18)19(22)21-11-4-12-21/h3,5-10,13-14,20H,4,11-12H2,1-2H3/t14-/m1/s1. The Morgan fingerprint density at radius 2 is 1.85 bits per heavy atom. The molecule has 3 rings (SSSR count). The van der Waals surface area contributed by atoms with Crippen LogP contribution < -0.4 is 9.46 Å². The number of hydrogen-bond acceptors (Lipinski definition) is 4. The van der Waals surface area contributed by atoms with Crippen molar-refractivity contribution < 1.29 is 17.9 Å². The van der Waals surface area contributed by atoms with Gasteiger partial charge in [-0.25, -0.2) is 13.1 Å². The van der Waals surface area contributed by atoms with E-state index >= 15 is 0 Å². The zero-order valence-electron chi connectivity index (χ0n) is 14.8. The average molecular weight is 374 g/mol. The summed E-state index contributed by atoms with van der Waals surface area (Å²) in [6, 6.07) is 13.0. The molecule has 6 nitrogen and oxygen atoms in total. The molecule has 0 aliphatic carbocycles. The Morgan fingerprint density at radius 3 is 2.42 bits per heavy atom. The Balaban J connectivity index is 1.77. The van der Waals surface area contributed by atoms with Crippen LogP contribution in [0.25, 0.3) is 0 Å². The van der Waals surface area contributed by atoms with Crippen molar-refractivity contribution in [1.29, 1.82) is 0 Å². The molecule has 0 unspecified atom stereocenters. The van der Waals surface area contributed by atoms with Crippen LogP contribution in [0, 0.1) is 0 Å². The van der Waals surface area contributed by atoms with Crippen LogP contribution in [0.5, 0.6) is 5.75 Å². The maximum atomic E-state index is 12.7. The number of methoxy groups -OCH3 is 1. The van der Waals surface area contributed by atoms with Crippen LogP contribution in [-0.2, 0) is 10.0 Å². The molecule has 1 aliphatic rings. The van der Waals surface area contributed by atoms with Crippen molar-refractivity contribution in [2.24, 2.45) is 0 Å². The summed E-state index contributed by atoms with van der Waals surface area (Å²) in [7, 11) is -2.17. The van der Waals surface area contributed by atoms with E-state index in [-0.39, 0.29) is 10.8 Å². The third kappa shape index (κ3) is 3.89. The molecule has 1 aliphatic heterocycles. The van der Waals surface area contributed by atoms with Crippen molar-refractivity contribution in [3.8, 4) is 5.75 Å². The molecule has 0 aromatic heterocycles. The molecule has 0 radical (unpaired) electrons. The van der Waals surface area contributed by atoms with E-state index < -0.39 is 16.1 Å². The number of carbonyl (C=O) groups is 1. The SMILES string of the molecule is COc1ccc([C@@H](C)NS(=O)(=O)c2cccc(C(=O)N3CCC3)c2)cc1. The second kappa shape index (κ2) is 7.47. The lowest BCUT2D eigenvalue weighted by molar-refractivity contribution is 0.0651. The lowest BCUT2D eigenvalue weighted by Gasteiger charge is -2.31. The summed E-state index contributed by atoms with van der Waals surface area (Å²) in [5.74, 6) is 0.581. The number of amides is 1. The third-order valence-electron chi connectivity index (χ3n) is 4.48.